The summed E-state index contributed by atoms with van der Waals surface area (Å²) in [6.07, 6.45) is -4.30. The van der Waals surface area contributed by atoms with Crippen LogP contribution in [-0.4, -0.2) is 12.7 Å². The van der Waals surface area contributed by atoms with Crippen LogP contribution in [0.1, 0.15) is 17.2 Å². The molecule has 0 saturated carbocycles. The van der Waals surface area contributed by atoms with E-state index in [4.69, 9.17) is 0 Å². The van der Waals surface area contributed by atoms with Crippen molar-refractivity contribution in [1.29, 1.82) is 0 Å². The molecule has 0 bridgehead atoms. The summed E-state index contributed by atoms with van der Waals surface area (Å²) < 4.78 is 50.1. The smallest absolute Gasteiger partial charge is 0.298 e. The Hall–Kier alpha value is -1.88. The number of hydrogen-bond donors (Lipinski definition) is 1. The van der Waals surface area contributed by atoms with Gasteiger partial charge in [0.25, 0.3) is 0 Å². The Balaban J connectivity index is 2.27. The summed E-state index contributed by atoms with van der Waals surface area (Å²) >= 11 is 0. The first-order valence-corrected chi connectivity index (χ1v) is 6.06. The molecule has 1 nitrogen and oxygen atoms in total. The van der Waals surface area contributed by atoms with Crippen molar-refractivity contribution < 1.29 is 17.6 Å². The first kappa shape index (κ1) is 14.5. The first-order valence-electron chi connectivity index (χ1n) is 6.06. The van der Waals surface area contributed by atoms with E-state index in [9.17, 15) is 17.6 Å². The van der Waals surface area contributed by atoms with E-state index >= 15 is 0 Å². The van der Waals surface area contributed by atoms with Crippen molar-refractivity contribution in [2.75, 3.05) is 6.54 Å². The van der Waals surface area contributed by atoms with Crippen molar-refractivity contribution in [3.05, 3.63) is 71.5 Å². The van der Waals surface area contributed by atoms with Crippen LogP contribution in [0.25, 0.3) is 0 Å². The van der Waals surface area contributed by atoms with E-state index in [1.165, 1.54) is 24.3 Å². The fourth-order valence-corrected chi connectivity index (χ4v) is 1.95. The zero-order valence-corrected chi connectivity index (χ0v) is 10.5. The fourth-order valence-electron chi connectivity index (χ4n) is 1.95. The van der Waals surface area contributed by atoms with E-state index < -0.39 is 24.6 Å². The van der Waals surface area contributed by atoms with Crippen molar-refractivity contribution in [1.82, 2.24) is 5.32 Å². The Morgan fingerprint density at radius 3 is 1.95 bits per heavy atom. The normalized spacial score (nSPS) is 13.2. The predicted octanol–water partition coefficient (Wildman–Crippen LogP) is 4.07. The molecule has 2 rings (SSSR count). The topological polar surface area (TPSA) is 12.0 Å². The second-order valence-corrected chi connectivity index (χ2v) is 4.39. The van der Waals surface area contributed by atoms with Gasteiger partial charge >= 0.3 is 6.18 Å². The summed E-state index contributed by atoms with van der Waals surface area (Å²) in [6, 6.07) is 13.6. The largest absolute Gasteiger partial charge is 0.401 e. The minimum absolute atomic E-state index is 0.420. The van der Waals surface area contributed by atoms with Gasteiger partial charge in [0.1, 0.15) is 5.82 Å². The number of alkyl halides is 3. The van der Waals surface area contributed by atoms with Gasteiger partial charge in [0.15, 0.2) is 0 Å². The quantitative estimate of drug-likeness (QED) is 0.834. The molecule has 0 heterocycles. The van der Waals surface area contributed by atoms with Crippen LogP contribution in [0.15, 0.2) is 54.6 Å². The highest BCUT2D eigenvalue weighted by Gasteiger charge is 2.28. The van der Waals surface area contributed by atoms with Gasteiger partial charge in [-0.15, -0.1) is 0 Å². The van der Waals surface area contributed by atoms with Crippen molar-refractivity contribution in [2.24, 2.45) is 0 Å². The molecule has 0 saturated heterocycles. The average molecular weight is 283 g/mol. The van der Waals surface area contributed by atoms with Gasteiger partial charge in [0, 0.05) is 0 Å². The maximum atomic E-state index is 12.9. The van der Waals surface area contributed by atoms with Gasteiger partial charge in [-0.1, -0.05) is 42.5 Å². The Morgan fingerprint density at radius 2 is 1.40 bits per heavy atom. The summed E-state index contributed by atoms with van der Waals surface area (Å²) in [5.74, 6) is -0.420. The van der Waals surface area contributed by atoms with Crippen LogP contribution in [0, 0.1) is 5.82 Å². The maximum Gasteiger partial charge on any atom is 0.401 e. The summed E-state index contributed by atoms with van der Waals surface area (Å²) in [4.78, 5) is 0. The summed E-state index contributed by atoms with van der Waals surface area (Å²) in [7, 11) is 0. The van der Waals surface area contributed by atoms with Gasteiger partial charge < -0.3 is 0 Å². The lowest BCUT2D eigenvalue weighted by molar-refractivity contribution is -0.125. The van der Waals surface area contributed by atoms with Crippen LogP contribution in [0.3, 0.4) is 0 Å². The molecule has 1 atom stereocenters. The number of hydrogen-bond acceptors (Lipinski definition) is 1. The van der Waals surface area contributed by atoms with Crippen molar-refractivity contribution in [2.45, 2.75) is 12.2 Å². The lowest BCUT2D eigenvalue weighted by atomic mass is 9.98. The van der Waals surface area contributed by atoms with E-state index in [0.29, 0.717) is 11.1 Å². The molecule has 2 aromatic rings. The molecule has 1 N–H and O–H groups in total. The number of nitrogens with one attached hydrogen (secondary N) is 1. The molecule has 0 fully saturated rings. The molecule has 5 heteroatoms. The van der Waals surface area contributed by atoms with Crippen LogP contribution >= 0.6 is 0 Å². The zero-order valence-electron chi connectivity index (χ0n) is 10.5. The predicted molar refractivity (Wildman–Crippen MR) is 68.7 cm³/mol. The SMILES string of the molecule is Fc1ccc(C(NCC(F)(F)F)c2ccccc2)cc1. The Kier molecular flexibility index (Phi) is 4.39. The molecule has 2 aromatic carbocycles. The highest BCUT2D eigenvalue weighted by molar-refractivity contribution is 5.31. The number of benzene rings is 2. The highest BCUT2D eigenvalue weighted by Crippen LogP contribution is 2.24. The van der Waals surface area contributed by atoms with E-state index in [-0.39, 0.29) is 0 Å². The molecular formula is C15H13F4N. The van der Waals surface area contributed by atoms with Crippen LogP contribution < -0.4 is 5.32 Å². The Morgan fingerprint density at radius 1 is 0.850 bits per heavy atom. The van der Waals surface area contributed by atoms with Crippen molar-refractivity contribution in [3.63, 3.8) is 0 Å². The molecule has 1 unspecified atom stereocenters. The van der Waals surface area contributed by atoms with E-state index in [1.54, 1.807) is 30.3 Å². The third-order valence-electron chi connectivity index (χ3n) is 2.84. The van der Waals surface area contributed by atoms with Crippen LogP contribution in [0.5, 0.6) is 0 Å². The second kappa shape index (κ2) is 6.05. The van der Waals surface area contributed by atoms with Gasteiger partial charge in [-0.2, -0.15) is 13.2 Å². The molecule has 0 aliphatic rings. The van der Waals surface area contributed by atoms with E-state index in [2.05, 4.69) is 5.32 Å². The lowest BCUT2D eigenvalue weighted by Gasteiger charge is -2.20. The molecular weight excluding hydrogens is 270 g/mol. The summed E-state index contributed by atoms with van der Waals surface area (Å²) in [6.45, 7) is -1.11. The van der Waals surface area contributed by atoms with Crippen LogP contribution in [0.4, 0.5) is 17.6 Å². The fraction of sp³-hybridized carbons (Fsp3) is 0.200. The van der Waals surface area contributed by atoms with E-state index in [1.807, 2.05) is 0 Å². The molecule has 0 aromatic heterocycles. The number of halogens is 4. The highest BCUT2D eigenvalue weighted by atomic mass is 19.4. The summed E-state index contributed by atoms with van der Waals surface area (Å²) in [5, 5.41) is 2.46. The average Bonchev–Trinajstić information content (AvgIpc) is 2.41. The Labute approximate surface area is 114 Å². The van der Waals surface area contributed by atoms with Crippen molar-refractivity contribution in [3.8, 4) is 0 Å². The molecule has 20 heavy (non-hydrogen) atoms. The molecule has 0 spiro atoms. The van der Waals surface area contributed by atoms with Crippen LogP contribution in [-0.2, 0) is 0 Å². The molecule has 106 valence electrons. The van der Waals surface area contributed by atoms with Crippen molar-refractivity contribution >= 4 is 0 Å². The second-order valence-electron chi connectivity index (χ2n) is 4.39. The lowest BCUT2D eigenvalue weighted by Crippen LogP contribution is -2.32. The molecule has 0 radical (unpaired) electrons. The minimum Gasteiger partial charge on any atom is -0.298 e. The van der Waals surface area contributed by atoms with Gasteiger partial charge in [0.05, 0.1) is 12.6 Å². The summed E-state index contributed by atoms with van der Waals surface area (Å²) in [5.41, 5.74) is 1.28. The van der Waals surface area contributed by atoms with Gasteiger partial charge in [0.2, 0.25) is 0 Å². The van der Waals surface area contributed by atoms with Gasteiger partial charge in [-0.3, -0.25) is 5.32 Å². The number of rotatable bonds is 4. The third kappa shape index (κ3) is 4.06. The standard InChI is InChI=1S/C15H13F4N/c16-13-8-6-12(7-9-13)14(20-10-15(17,18)19)11-4-2-1-3-5-11/h1-9,14,20H,10H2. The van der Waals surface area contributed by atoms with Gasteiger partial charge in [-0.05, 0) is 23.3 Å². The van der Waals surface area contributed by atoms with Gasteiger partial charge in [-0.25, -0.2) is 4.39 Å². The Bertz CT molecular complexity index is 534. The van der Waals surface area contributed by atoms with Crippen LogP contribution in [0.2, 0.25) is 0 Å². The minimum atomic E-state index is -4.30. The third-order valence-corrected chi connectivity index (χ3v) is 2.84. The molecule has 0 amide bonds. The zero-order chi connectivity index (χ0) is 14.6. The monoisotopic (exact) mass is 283 g/mol. The first-order chi connectivity index (χ1) is 9.46. The molecule has 0 aliphatic carbocycles. The molecule has 0 aliphatic heterocycles. The maximum absolute atomic E-state index is 12.9. The van der Waals surface area contributed by atoms with E-state index in [0.717, 1.165) is 0 Å².